The van der Waals surface area contributed by atoms with Crippen LogP contribution in [0.25, 0.3) is 0 Å². The number of carboxylic acids is 1. The molecule has 0 aromatic carbocycles. The van der Waals surface area contributed by atoms with Gasteiger partial charge in [0, 0.05) is 44.9 Å². The molecule has 31 heavy (non-hydrogen) atoms. The highest BCUT2D eigenvalue weighted by Crippen LogP contribution is 2.43. The molecule has 3 aliphatic rings. The molecule has 1 aromatic rings. The van der Waals surface area contributed by atoms with Gasteiger partial charge < -0.3 is 19.3 Å². The number of ether oxygens (including phenoxy) is 1. The summed E-state index contributed by atoms with van der Waals surface area (Å²) in [6.07, 6.45) is -0.938. The van der Waals surface area contributed by atoms with Crippen molar-refractivity contribution >= 4 is 11.9 Å². The fourth-order valence-corrected chi connectivity index (χ4v) is 4.66. The molecule has 3 fully saturated rings. The van der Waals surface area contributed by atoms with Crippen LogP contribution in [0.2, 0.25) is 0 Å². The monoisotopic (exact) mass is 447 g/mol. The molecular formula is C20H28F3N3O5. The second-order valence-electron chi connectivity index (χ2n) is 8.37. The van der Waals surface area contributed by atoms with E-state index in [2.05, 4.69) is 15.0 Å². The summed E-state index contributed by atoms with van der Waals surface area (Å²) in [5.41, 5.74) is 1.77. The molecule has 0 aliphatic carbocycles. The third-order valence-electron chi connectivity index (χ3n) is 6.32. The van der Waals surface area contributed by atoms with Crippen LogP contribution in [0.15, 0.2) is 4.52 Å². The third kappa shape index (κ3) is 5.03. The number of amides is 1. The van der Waals surface area contributed by atoms with Crippen LogP contribution in [0.4, 0.5) is 13.2 Å². The summed E-state index contributed by atoms with van der Waals surface area (Å²) >= 11 is 0. The molecule has 0 unspecified atom stereocenters. The van der Waals surface area contributed by atoms with Crippen molar-refractivity contribution in [1.82, 2.24) is 15.0 Å². The SMILES string of the molecule is Cc1noc(C)c1CN1CC[C@H]2OCC[C@@]2(C(=O)N2CCCC2)C1.O=C(O)C(F)(F)F. The van der Waals surface area contributed by atoms with Crippen molar-refractivity contribution in [2.45, 2.75) is 58.4 Å². The first-order valence-corrected chi connectivity index (χ1v) is 10.4. The van der Waals surface area contributed by atoms with E-state index in [1.807, 2.05) is 13.8 Å². The van der Waals surface area contributed by atoms with Crippen molar-refractivity contribution in [3.63, 3.8) is 0 Å². The molecule has 1 amide bonds. The maximum Gasteiger partial charge on any atom is 0.490 e. The van der Waals surface area contributed by atoms with E-state index in [0.717, 1.165) is 75.4 Å². The Morgan fingerprint density at radius 1 is 1.23 bits per heavy atom. The van der Waals surface area contributed by atoms with Gasteiger partial charge in [0.05, 0.1) is 17.2 Å². The van der Waals surface area contributed by atoms with E-state index in [1.54, 1.807) is 0 Å². The minimum atomic E-state index is -5.08. The van der Waals surface area contributed by atoms with Crippen LogP contribution in [0.3, 0.4) is 0 Å². The van der Waals surface area contributed by atoms with Gasteiger partial charge in [-0.05, 0) is 39.5 Å². The molecule has 0 saturated carbocycles. The highest BCUT2D eigenvalue weighted by Gasteiger charge is 2.54. The normalized spacial score (nSPS) is 26.4. The number of carbonyl (C=O) groups excluding carboxylic acids is 1. The lowest BCUT2D eigenvalue weighted by Crippen LogP contribution is -2.57. The Labute approximate surface area is 178 Å². The van der Waals surface area contributed by atoms with Crippen LogP contribution in [0, 0.1) is 19.3 Å². The maximum atomic E-state index is 13.3. The molecule has 4 rings (SSSR count). The van der Waals surface area contributed by atoms with E-state index < -0.39 is 12.1 Å². The van der Waals surface area contributed by atoms with Crippen molar-refractivity contribution in [2.75, 3.05) is 32.8 Å². The van der Waals surface area contributed by atoms with Gasteiger partial charge >= 0.3 is 12.1 Å². The number of alkyl halides is 3. The lowest BCUT2D eigenvalue weighted by Gasteiger charge is -2.44. The summed E-state index contributed by atoms with van der Waals surface area (Å²) < 4.78 is 43.0. The van der Waals surface area contributed by atoms with Crippen LogP contribution in [0.5, 0.6) is 0 Å². The van der Waals surface area contributed by atoms with Gasteiger partial charge in [-0.25, -0.2) is 4.79 Å². The second-order valence-corrected chi connectivity index (χ2v) is 8.37. The number of aromatic nitrogens is 1. The first kappa shape index (κ1) is 23.5. The number of carbonyl (C=O) groups is 2. The molecule has 4 heterocycles. The Balaban J connectivity index is 0.000000339. The summed E-state index contributed by atoms with van der Waals surface area (Å²) in [5, 5.41) is 11.2. The molecule has 0 bridgehead atoms. The van der Waals surface area contributed by atoms with E-state index in [4.69, 9.17) is 19.2 Å². The van der Waals surface area contributed by atoms with E-state index >= 15 is 0 Å². The van der Waals surface area contributed by atoms with Crippen molar-refractivity contribution < 1.29 is 37.1 Å². The van der Waals surface area contributed by atoms with Gasteiger partial charge in [0.25, 0.3) is 0 Å². The molecule has 8 nitrogen and oxygen atoms in total. The Bertz CT molecular complexity index is 787. The quantitative estimate of drug-likeness (QED) is 0.761. The largest absolute Gasteiger partial charge is 0.490 e. The van der Waals surface area contributed by atoms with Crippen molar-refractivity contribution in [3.8, 4) is 0 Å². The van der Waals surface area contributed by atoms with E-state index in [9.17, 15) is 18.0 Å². The summed E-state index contributed by atoms with van der Waals surface area (Å²) in [5.74, 6) is -1.55. The predicted molar refractivity (Wildman–Crippen MR) is 102 cm³/mol. The lowest BCUT2D eigenvalue weighted by molar-refractivity contribution is -0.192. The average molecular weight is 447 g/mol. The van der Waals surface area contributed by atoms with Crippen LogP contribution >= 0.6 is 0 Å². The molecule has 11 heteroatoms. The smallest absolute Gasteiger partial charge is 0.475 e. The van der Waals surface area contributed by atoms with E-state index in [1.165, 1.54) is 0 Å². The van der Waals surface area contributed by atoms with Gasteiger partial charge in [0.15, 0.2) is 0 Å². The Morgan fingerprint density at radius 3 is 2.42 bits per heavy atom. The number of halogens is 3. The van der Waals surface area contributed by atoms with Crippen LogP contribution in [-0.4, -0.2) is 77.0 Å². The van der Waals surface area contributed by atoms with Gasteiger partial charge in [-0.1, -0.05) is 5.16 Å². The average Bonchev–Trinajstić information content (AvgIpc) is 3.44. The zero-order valence-corrected chi connectivity index (χ0v) is 17.7. The summed E-state index contributed by atoms with van der Waals surface area (Å²) in [4.78, 5) is 26.6. The maximum absolute atomic E-state index is 13.3. The summed E-state index contributed by atoms with van der Waals surface area (Å²) in [6.45, 7) is 9.05. The van der Waals surface area contributed by atoms with Gasteiger partial charge in [0.1, 0.15) is 5.76 Å². The zero-order valence-electron chi connectivity index (χ0n) is 17.7. The molecule has 0 spiro atoms. The van der Waals surface area contributed by atoms with Crippen molar-refractivity contribution in [1.29, 1.82) is 0 Å². The second kappa shape index (κ2) is 9.15. The van der Waals surface area contributed by atoms with Crippen LogP contribution in [0.1, 0.15) is 42.7 Å². The van der Waals surface area contributed by atoms with E-state index in [-0.39, 0.29) is 11.5 Å². The van der Waals surface area contributed by atoms with Crippen LogP contribution in [-0.2, 0) is 20.9 Å². The topological polar surface area (TPSA) is 96.1 Å². The fraction of sp³-hybridized carbons (Fsp3) is 0.750. The highest BCUT2D eigenvalue weighted by atomic mass is 19.4. The standard InChI is InChI=1S/C18H27N3O3.C2HF3O2/c1-13-15(14(2)24-19-13)11-20-9-5-16-18(12-20,6-10-23-16)17(22)21-7-3-4-8-21;3-2(4,5)1(6)7/h16H,3-12H2,1-2H3;(H,6,7)/t16-,18-;/m1./s1. The van der Waals surface area contributed by atoms with Gasteiger partial charge in [0.2, 0.25) is 5.91 Å². The number of aryl methyl sites for hydroxylation is 2. The van der Waals surface area contributed by atoms with Crippen molar-refractivity contribution in [2.24, 2.45) is 5.41 Å². The van der Waals surface area contributed by atoms with Gasteiger partial charge in [-0.3, -0.25) is 9.69 Å². The van der Waals surface area contributed by atoms with E-state index in [0.29, 0.717) is 12.5 Å². The van der Waals surface area contributed by atoms with Gasteiger partial charge in [-0.15, -0.1) is 0 Å². The summed E-state index contributed by atoms with van der Waals surface area (Å²) in [7, 11) is 0. The minimum absolute atomic E-state index is 0.0894. The molecule has 0 radical (unpaired) electrons. The first-order valence-electron chi connectivity index (χ1n) is 10.4. The molecule has 3 saturated heterocycles. The Kier molecular flexibility index (Phi) is 6.95. The first-order chi connectivity index (χ1) is 14.5. The molecule has 1 aromatic heterocycles. The molecule has 174 valence electrons. The molecule has 2 atom stereocenters. The number of carboxylic acid groups (broad SMARTS) is 1. The van der Waals surface area contributed by atoms with Crippen molar-refractivity contribution in [3.05, 3.63) is 17.0 Å². The number of hydrogen-bond donors (Lipinski definition) is 1. The molecular weight excluding hydrogens is 419 g/mol. The number of aliphatic carboxylic acids is 1. The minimum Gasteiger partial charge on any atom is -0.475 e. The number of fused-ring (bicyclic) bond motifs is 1. The number of piperidine rings is 1. The number of hydrogen-bond acceptors (Lipinski definition) is 6. The summed E-state index contributed by atoms with van der Waals surface area (Å²) in [6, 6.07) is 0. The third-order valence-corrected chi connectivity index (χ3v) is 6.32. The number of likely N-dealkylation sites (tertiary alicyclic amines) is 2. The van der Waals surface area contributed by atoms with Gasteiger partial charge in [-0.2, -0.15) is 13.2 Å². The molecule has 3 aliphatic heterocycles. The van der Waals surface area contributed by atoms with Crippen LogP contribution < -0.4 is 0 Å². The zero-order chi connectivity index (χ0) is 22.8. The Hall–Kier alpha value is -2.14. The number of nitrogens with zero attached hydrogens (tertiary/aromatic N) is 3. The lowest BCUT2D eigenvalue weighted by atomic mass is 9.75. The predicted octanol–water partition coefficient (Wildman–Crippen LogP) is 2.53. The Morgan fingerprint density at radius 2 is 1.87 bits per heavy atom. The molecule has 1 N–H and O–H groups in total. The number of rotatable bonds is 3. The fourth-order valence-electron chi connectivity index (χ4n) is 4.66. The highest BCUT2D eigenvalue weighted by molar-refractivity contribution is 5.84.